The number of ether oxygens (including phenoxy) is 1. The highest BCUT2D eigenvalue weighted by molar-refractivity contribution is 6.31. The summed E-state index contributed by atoms with van der Waals surface area (Å²) in [6.45, 7) is 0.843. The molecule has 0 radical (unpaired) electrons. The smallest absolute Gasteiger partial charge is 0.328 e. The number of halogens is 1. The number of aromatic amines is 1. The molecule has 8 nitrogen and oxygen atoms in total. The second-order valence-corrected chi connectivity index (χ2v) is 5.62. The number of H-pyrrole nitrogens is 1. The summed E-state index contributed by atoms with van der Waals surface area (Å²) in [5, 5.41) is 3.18. The van der Waals surface area contributed by atoms with E-state index in [0.29, 0.717) is 5.02 Å². The molecule has 0 saturated carbocycles. The van der Waals surface area contributed by atoms with Crippen LogP contribution in [0.2, 0.25) is 5.02 Å². The number of hydrogen-bond donors (Lipinski definition) is 2. The molecule has 0 saturated heterocycles. The molecule has 132 valence electrons. The molecule has 1 amide bonds. The molecule has 1 aromatic carbocycles. The number of nitrogens with zero attached hydrogens (tertiary/aromatic N) is 1. The number of nitrogens with one attached hydrogen (secondary N) is 2. The lowest BCUT2D eigenvalue weighted by Gasteiger charge is -2.15. The average Bonchev–Trinajstić information content (AvgIpc) is 2.56. The predicted octanol–water partition coefficient (Wildman–Crippen LogP) is 0.611. The number of esters is 1. The van der Waals surface area contributed by atoms with E-state index in [9.17, 15) is 19.2 Å². The summed E-state index contributed by atoms with van der Waals surface area (Å²) in [7, 11) is 0. The maximum Gasteiger partial charge on any atom is 0.328 e. The minimum atomic E-state index is -0.783. The molecule has 2 N–H and O–H groups in total. The first-order valence-corrected chi connectivity index (χ1v) is 7.74. The van der Waals surface area contributed by atoms with Gasteiger partial charge in [-0.3, -0.25) is 23.9 Å². The Morgan fingerprint density at radius 1 is 1.28 bits per heavy atom. The van der Waals surface area contributed by atoms with Crippen LogP contribution < -0.4 is 16.6 Å². The highest BCUT2D eigenvalue weighted by Gasteiger charge is 2.14. The Hall–Kier alpha value is -2.87. The Kier molecular flexibility index (Phi) is 6.13. The summed E-state index contributed by atoms with van der Waals surface area (Å²) < 4.78 is 5.79. The van der Waals surface area contributed by atoms with Crippen LogP contribution in [-0.4, -0.2) is 28.0 Å². The summed E-state index contributed by atoms with van der Waals surface area (Å²) in [6.07, 6.45) is 1.17. The van der Waals surface area contributed by atoms with Gasteiger partial charge in [0.05, 0.1) is 6.04 Å². The van der Waals surface area contributed by atoms with Crippen molar-refractivity contribution >= 4 is 23.5 Å². The van der Waals surface area contributed by atoms with Crippen molar-refractivity contribution in [1.82, 2.24) is 14.9 Å². The molecule has 0 spiro atoms. The SMILES string of the molecule is C[C@H](NC(=O)COC(=O)Cn1ccc(=O)[nH]c1=O)c1ccccc1Cl. The lowest BCUT2D eigenvalue weighted by Crippen LogP contribution is -2.34. The monoisotopic (exact) mass is 365 g/mol. The fourth-order valence-corrected chi connectivity index (χ4v) is 2.39. The number of carbonyl (C=O) groups is 2. The van der Waals surface area contributed by atoms with Crippen molar-refractivity contribution in [1.29, 1.82) is 0 Å². The molecule has 0 bridgehead atoms. The molecule has 1 aromatic heterocycles. The van der Waals surface area contributed by atoms with Crippen molar-refractivity contribution in [3.05, 3.63) is 68.0 Å². The summed E-state index contributed by atoms with van der Waals surface area (Å²) in [5.74, 6) is -1.29. The first-order valence-electron chi connectivity index (χ1n) is 7.36. The number of aromatic nitrogens is 2. The van der Waals surface area contributed by atoms with E-state index in [4.69, 9.17) is 16.3 Å². The quantitative estimate of drug-likeness (QED) is 0.729. The van der Waals surface area contributed by atoms with Gasteiger partial charge in [0.15, 0.2) is 6.61 Å². The van der Waals surface area contributed by atoms with Crippen LogP contribution in [0, 0.1) is 0 Å². The molecule has 1 atom stereocenters. The van der Waals surface area contributed by atoms with Crippen LogP contribution in [0.1, 0.15) is 18.5 Å². The van der Waals surface area contributed by atoms with E-state index in [1.54, 1.807) is 31.2 Å². The van der Waals surface area contributed by atoms with Crippen molar-refractivity contribution in [3.63, 3.8) is 0 Å². The summed E-state index contributed by atoms with van der Waals surface area (Å²) in [5.41, 5.74) is -0.563. The fraction of sp³-hybridized carbons (Fsp3) is 0.250. The van der Waals surface area contributed by atoms with Crippen molar-refractivity contribution in [2.75, 3.05) is 6.61 Å². The molecule has 0 fully saturated rings. The summed E-state index contributed by atoms with van der Waals surface area (Å²) >= 11 is 6.05. The van der Waals surface area contributed by atoms with Gasteiger partial charge in [-0.05, 0) is 18.6 Å². The Morgan fingerprint density at radius 2 is 2.00 bits per heavy atom. The van der Waals surface area contributed by atoms with Gasteiger partial charge in [0, 0.05) is 17.3 Å². The second-order valence-electron chi connectivity index (χ2n) is 5.21. The van der Waals surface area contributed by atoms with Crippen LogP contribution in [-0.2, 0) is 20.9 Å². The zero-order valence-corrected chi connectivity index (χ0v) is 14.1. The first-order chi connectivity index (χ1) is 11.9. The Balaban J connectivity index is 1.85. The zero-order chi connectivity index (χ0) is 18.4. The second kappa shape index (κ2) is 8.29. The van der Waals surface area contributed by atoms with Crippen LogP contribution >= 0.6 is 11.6 Å². The highest BCUT2D eigenvalue weighted by Crippen LogP contribution is 2.21. The molecular weight excluding hydrogens is 350 g/mol. The van der Waals surface area contributed by atoms with Gasteiger partial charge in [0.2, 0.25) is 0 Å². The topological polar surface area (TPSA) is 110 Å². The van der Waals surface area contributed by atoms with Gasteiger partial charge in [-0.25, -0.2) is 4.79 Å². The standard InChI is InChI=1S/C16H16ClN3O5/c1-10(11-4-2-3-5-12(11)17)18-14(22)9-25-15(23)8-20-7-6-13(21)19-16(20)24/h2-7,10H,8-9H2,1H3,(H,18,22)(H,19,21,24)/t10-/m0/s1. The molecule has 0 unspecified atom stereocenters. The molecule has 9 heteroatoms. The van der Waals surface area contributed by atoms with E-state index in [1.807, 2.05) is 4.98 Å². The third-order valence-corrected chi connectivity index (χ3v) is 3.65. The van der Waals surface area contributed by atoms with E-state index < -0.39 is 36.3 Å². The van der Waals surface area contributed by atoms with Crippen LogP contribution in [0.15, 0.2) is 46.1 Å². The number of rotatable bonds is 6. The molecule has 0 aliphatic rings. The first kappa shape index (κ1) is 18.5. The molecule has 1 heterocycles. The van der Waals surface area contributed by atoms with Gasteiger partial charge in [0.25, 0.3) is 11.5 Å². The highest BCUT2D eigenvalue weighted by atomic mass is 35.5. The van der Waals surface area contributed by atoms with Gasteiger partial charge in [0.1, 0.15) is 6.54 Å². The fourth-order valence-electron chi connectivity index (χ4n) is 2.09. The molecule has 2 rings (SSSR count). The Labute approximate surface area is 147 Å². The number of amides is 1. The van der Waals surface area contributed by atoms with E-state index >= 15 is 0 Å². The number of carbonyl (C=O) groups excluding carboxylic acids is 2. The summed E-state index contributed by atoms with van der Waals surface area (Å²) in [4.78, 5) is 48.0. The van der Waals surface area contributed by atoms with E-state index in [2.05, 4.69) is 5.32 Å². The normalized spacial score (nSPS) is 11.6. The van der Waals surface area contributed by atoms with Crippen molar-refractivity contribution < 1.29 is 14.3 Å². The van der Waals surface area contributed by atoms with E-state index in [-0.39, 0.29) is 6.04 Å². The summed E-state index contributed by atoms with van der Waals surface area (Å²) in [6, 6.07) is 7.81. The predicted molar refractivity (Wildman–Crippen MR) is 90.3 cm³/mol. The minimum Gasteiger partial charge on any atom is -0.454 e. The largest absolute Gasteiger partial charge is 0.454 e. The van der Waals surface area contributed by atoms with Crippen molar-refractivity contribution in [2.45, 2.75) is 19.5 Å². The zero-order valence-electron chi connectivity index (χ0n) is 13.3. The van der Waals surface area contributed by atoms with Gasteiger partial charge in [-0.2, -0.15) is 0 Å². The van der Waals surface area contributed by atoms with Gasteiger partial charge < -0.3 is 10.1 Å². The van der Waals surface area contributed by atoms with Crippen molar-refractivity contribution in [3.8, 4) is 0 Å². The van der Waals surface area contributed by atoms with Crippen LogP contribution in [0.5, 0.6) is 0 Å². The lowest BCUT2D eigenvalue weighted by molar-refractivity contribution is -0.149. The Bertz CT molecular complexity index is 890. The van der Waals surface area contributed by atoms with Gasteiger partial charge in [-0.1, -0.05) is 29.8 Å². The van der Waals surface area contributed by atoms with Crippen molar-refractivity contribution in [2.24, 2.45) is 0 Å². The van der Waals surface area contributed by atoms with Crippen LogP contribution in [0.3, 0.4) is 0 Å². The maximum absolute atomic E-state index is 11.9. The average molecular weight is 366 g/mol. The van der Waals surface area contributed by atoms with Gasteiger partial charge >= 0.3 is 11.7 Å². The third kappa shape index (κ3) is 5.32. The maximum atomic E-state index is 11.9. The third-order valence-electron chi connectivity index (χ3n) is 3.31. The lowest BCUT2D eigenvalue weighted by atomic mass is 10.1. The van der Waals surface area contributed by atoms with Crippen LogP contribution in [0.4, 0.5) is 0 Å². The Morgan fingerprint density at radius 3 is 2.68 bits per heavy atom. The number of hydrogen-bond acceptors (Lipinski definition) is 5. The number of benzene rings is 1. The molecule has 0 aliphatic carbocycles. The minimum absolute atomic E-state index is 0.360. The van der Waals surface area contributed by atoms with Crippen LogP contribution in [0.25, 0.3) is 0 Å². The van der Waals surface area contributed by atoms with E-state index in [1.165, 1.54) is 6.20 Å². The molecule has 25 heavy (non-hydrogen) atoms. The molecular formula is C16H16ClN3O5. The van der Waals surface area contributed by atoms with Gasteiger partial charge in [-0.15, -0.1) is 0 Å². The van der Waals surface area contributed by atoms with E-state index in [0.717, 1.165) is 16.2 Å². The molecule has 0 aliphatic heterocycles. The molecule has 2 aromatic rings.